The van der Waals surface area contributed by atoms with Gasteiger partial charge in [-0.2, -0.15) is 0 Å². The van der Waals surface area contributed by atoms with Crippen molar-refractivity contribution in [3.8, 4) is 5.75 Å². The van der Waals surface area contributed by atoms with E-state index in [2.05, 4.69) is 46.8 Å². The Morgan fingerprint density at radius 3 is 2.61 bits per heavy atom. The first kappa shape index (κ1) is 20.8. The van der Waals surface area contributed by atoms with E-state index in [0.29, 0.717) is 25.1 Å². The number of rotatable bonds is 7. The maximum absolute atomic E-state index is 12.9. The van der Waals surface area contributed by atoms with Crippen molar-refractivity contribution in [2.75, 3.05) is 33.4 Å². The summed E-state index contributed by atoms with van der Waals surface area (Å²) in [7, 11) is 1.73. The third kappa shape index (κ3) is 4.08. The molecule has 168 valence electrons. The molecule has 2 fully saturated rings. The Hall–Kier alpha value is -2.05. The van der Waals surface area contributed by atoms with Crippen LogP contribution in [-0.4, -0.2) is 60.9 Å². The van der Waals surface area contributed by atoms with E-state index in [-0.39, 0.29) is 18.1 Å². The van der Waals surface area contributed by atoms with Gasteiger partial charge >= 0.3 is 0 Å². The minimum Gasteiger partial charge on any atom is -0.490 e. The third-order valence-electron chi connectivity index (χ3n) is 7.22. The summed E-state index contributed by atoms with van der Waals surface area (Å²) in [6.07, 6.45) is 5.90. The highest BCUT2D eigenvalue weighted by molar-refractivity contribution is 6.03. The summed E-state index contributed by atoms with van der Waals surface area (Å²) in [5, 5.41) is 4.26. The summed E-state index contributed by atoms with van der Waals surface area (Å²) in [6.45, 7) is 7.91. The van der Waals surface area contributed by atoms with E-state index in [9.17, 15) is 4.79 Å². The molecule has 3 heterocycles. The molecule has 2 aromatic rings. The van der Waals surface area contributed by atoms with Crippen molar-refractivity contribution < 1.29 is 14.3 Å². The highest BCUT2D eigenvalue weighted by Gasteiger charge is 2.34. The number of carbonyl (C=O) groups is 1. The van der Waals surface area contributed by atoms with Crippen molar-refractivity contribution in [1.82, 2.24) is 14.8 Å². The minimum atomic E-state index is 0.0442. The van der Waals surface area contributed by atoms with Crippen molar-refractivity contribution in [1.29, 1.82) is 0 Å². The van der Waals surface area contributed by atoms with Crippen LogP contribution in [0.2, 0.25) is 0 Å². The first-order chi connectivity index (χ1) is 15.0. The molecule has 3 aliphatic rings. The first-order valence-electron chi connectivity index (χ1n) is 11.9. The molecule has 1 saturated heterocycles. The van der Waals surface area contributed by atoms with Gasteiger partial charge in [0, 0.05) is 43.7 Å². The van der Waals surface area contributed by atoms with Crippen LogP contribution in [0, 0.1) is 5.92 Å². The fourth-order valence-electron chi connectivity index (χ4n) is 5.29. The maximum atomic E-state index is 12.9. The predicted molar refractivity (Wildman–Crippen MR) is 122 cm³/mol. The molecular formula is C25H35N3O3. The quantitative estimate of drug-likeness (QED) is 0.734. The van der Waals surface area contributed by atoms with Gasteiger partial charge in [0.15, 0.2) is 0 Å². The van der Waals surface area contributed by atoms with Gasteiger partial charge in [-0.3, -0.25) is 4.79 Å². The van der Waals surface area contributed by atoms with E-state index in [4.69, 9.17) is 9.47 Å². The Kier molecular flexibility index (Phi) is 5.69. The standard InChI is InChI=1S/C25H35N3O3/c1-16(2)27-10-8-19(9-11-27)31-20-6-7-23-21(13-20)22(12-17-4-5-17)24-25(29)26-14-18(15-30-3)28(23)24/h6-7,13,16-19H,4-5,8-12,14-15H2,1-3H3,(H,26,29)/t18-/m0/s1. The van der Waals surface area contributed by atoms with Gasteiger partial charge in [-0.25, -0.2) is 0 Å². The number of fused-ring (bicyclic) bond motifs is 3. The van der Waals surface area contributed by atoms with Crippen LogP contribution in [-0.2, 0) is 11.2 Å². The molecule has 6 heteroatoms. The SMILES string of the molecule is COC[C@@H]1CNC(=O)c2c(CC3CC3)c3cc(OC4CCN(C(C)C)CC4)ccc3n21. The van der Waals surface area contributed by atoms with Gasteiger partial charge in [-0.15, -0.1) is 0 Å². The molecule has 31 heavy (non-hydrogen) atoms. The summed E-state index contributed by atoms with van der Waals surface area (Å²) in [5.74, 6) is 1.68. The van der Waals surface area contributed by atoms with Gasteiger partial charge in [0.05, 0.1) is 12.6 Å². The fraction of sp³-hybridized carbons (Fsp3) is 0.640. The average Bonchev–Trinajstić information content (AvgIpc) is 3.52. The molecule has 0 bridgehead atoms. The average molecular weight is 426 g/mol. The second-order valence-corrected chi connectivity index (χ2v) is 9.79. The Balaban J connectivity index is 1.47. The van der Waals surface area contributed by atoms with E-state index in [1.165, 1.54) is 23.8 Å². The number of carbonyl (C=O) groups excluding carboxylic acids is 1. The monoisotopic (exact) mass is 425 g/mol. The normalized spacial score (nSPS) is 22.7. The van der Waals surface area contributed by atoms with Crippen LogP contribution in [0.15, 0.2) is 18.2 Å². The highest BCUT2D eigenvalue weighted by atomic mass is 16.5. The molecule has 6 nitrogen and oxygen atoms in total. The van der Waals surface area contributed by atoms with Crippen molar-refractivity contribution in [3.05, 3.63) is 29.5 Å². The number of ether oxygens (including phenoxy) is 2. The zero-order valence-electron chi connectivity index (χ0n) is 19.0. The molecule has 2 aliphatic heterocycles. The molecule has 1 aromatic heterocycles. The maximum Gasteiger partial charge on any atom is 0.268 e. The summed E-state index contributed by atoms with van der Waals surface area (Å²) in [4.78, 5) is 15.4. The van der Waals surface area contributed by atoms with Gasteiger partial charge in [0.2, 0.25) is 0 Å². The number of piperidine rings is 1. The van der Waals surface area contributed by atoms with Crippen LogP contribution in [0.4, 0.5) is 0 Å². The largest absolute Gasteiger partial charge is 0.490 e. The van der Waals surface area contributed by atoms with Crippen molar-refractivity contribution >= 4 is 16.8 Å². The second-order valence-electron chi connectivity index (χ2n) is 9.79. The van der Waals surface area contributed by atoms with Gasteiger partial charge in [-0.05, 0) is 75.6 Å². The van der Waals surface area contributed by atoms with E-state index in [0.717, 1.165) is 49.3 Å². The molecule has 1 aromatic carbocycles. The van der Waals surface area contributed by atoms with E-state index in [1.807, 2.05) is 0 Å². The topological polar surface area (TPSA) is 55.7 Å². The van der Waals surface area contributed by atoms with Crippen LogP contribution in [0.5, 0.6) is 5.75 Å². The number of amides is 1. The second kappa shape index (κ2) is 8.47. The Morgan fingerprint density at radius 2 is 1.94 bits per heavy atom. The molecular weight excluding hydrogens is 390 g/mol. The first-order valence-corrected chi connectivity index (χ1v) is 11.9. The van der Waals surface area contributed by atoms with Gasteiger partial charge < -0.3 is 24.3 Å². The molecule has 0 radical (unpaired) electrons. The Labute approximate surface area is 184 Å². The van der Waals surface area contributed by atoms with Gasteiger partial charge in [0.25, 0.3) is 5.91 Å². The lowest BCUT2D eigenvalue weighted by molar-refractivity contribution is 0.0844. The minimum absolute atomic E-state index is 0.0442. The molecule has 0 unspecified atom stereocenters. The molecule has 5 rings (SSSR count). The zero-order chi connectivity index (χ0) is 21.5. The summed E-state index contributed by atoms with van der Waals surface area (Å²) in [5.41, 5.74) is 3.15. The lowest BCUT2D eigenvalue weighted by atomic mass is 10.0. The lowest BCUT2D eigenvalue weighted by Gasteiger charge is -2.34. The Bertz CT molecular complexity index is 955. The Morgan fingerprint density at radius 1 is 1.16 bits per heavy atom. The van der Waals surface area contributed by atoms with Crippen LogP contribution in [0.3, 0.4) is 0 Å². The third-order valence-corrected chi connectivity index (χ3v) is 7.22. The number of nitrogens with one attached hydrogen (secondary N) is 1. The van der Waals surface area contributed by atoms with E-state index >= 15 is 0 Å². The highest BCUT2D eigenvalue weighted by Crippen LogP contribution is 2.40. The van der Waals surface area contributed by atoms with Crippen molar-refractivity contribution in [3.63, 3.8) is 0 Å². The zero-order valence-corrected chi connectivity index (χ0v) is 19.0. The van der Waals surface area contributed by atoms with Crippen molar-refractivity contribution in [2.24, 2.45) is 5.92 Å². The smallest absolute Gasteiger partial charge is 0.268 e. The van der Waals surface area contributed by atoms with Crippen LogP contribution >= 0.6 is 0 Å². The van der Waals surface area contributed by atoms with E-state index < -0.39 is 0 Å². The molecule has 1 aliphatic carbocycles. The fourth-order valence-corrected chi connectivity index (χ4v) is 5.29. The van der Waals surface area contributed by atoms with Crippen LogP contribution in [0.25, 0.3) is 10.9 Å². The molecule has 1 atom stereocenters. The summed E-state index contributed by atoms with van der Waals surface area (Å²) in [6, 6.07) is 7.14. The number of nitrogens with zero attached hydrogens (tertiary/aromatic N) is 2. The summed E-state index contributed by atoms with van der Waals surface area (Å²) >= 11 is 0. The number of hydrogen-bond acceptors (Lipinski definition) is 4. The van der Waals surface area contributed by atoms with E-state index in [1.54, 1.807) is 7.11 Å². The number of benzene rings is 1. The number of hydrogen-bond donors (Lipinski definition) is 1. The predicted octanol–water partition coefficient (Wildman–Crippen LogP) is 3.78. The number of aromatic nitrogens is 1. The van der Waals surface area contributed by atoms with Crippen molar-refractivity contribution in [2.45, 2.75) is 64.1 Å². The molecule has 1 saturated carbocycles. The lowest BCUT2D eigenvalue weighted by Crippen LogP contribution is -2.41. The number of methoxy groups -OCH3 is 1. The number of likely N-dealkylation sites (tertiary alicyclic amines) is 1. The molecule has 1 amide bonds. The van der Waals surface area contributed by atoms with Crippen LogP contribution < -0.4 is 10.1 Å². The summed E-state index contributed by atoms with van der Waals surface area (Å²) < 4.78 is 14.1. The van der Waals surface area contributed by atoms with Gasteiger partial charge in [0.1, 0.15) is 17.5 Å². The van der Waals surface area contributed by atoms with Crippen LogP contribution in [0.1, 0.15) is 61.6 Å². The molecule has 1 N–H and O–H groups in total. The van der Waals surface area contributed by atoms with Gasteiger partial charge in [-0.1, -0.05) is 0 Å². The molecule has 0 spiro atoms.